The number of nitrogens with one attached hydrogen (secondary N) is 2. The molecule has 18 heavy (non-hydrogen) atoms. The lowest BCUT2D eigenvalue weighted by atomic mass is 10.0. The van der Waals surface area contributed by atoms with Gasteiger partial charge in [0.1, 0.15) is 0 Å². The molecule has 0 heterocycles. The van der Waals surface area contributed by atoms with E-state index in [9.17, 15) is 4.79 Å². The maximum Gasteiger partial charge on any atom is 0.234 e. The van der Waals surface area contributed by atoms with Gasteiger partial charge < -0.3 is 20.3 Å². The Bertz CT molecular complexity index is 230. The topological polar surface area (TPSA) is 53.6 Å². The van der Waals surface area contributed by atoms with E-state index in [-0.39, 0.29) is 11.4 Å². The second-order valence-electron chi connectivity index (χ2n) is 5.38. The van der Waals surface area contributed by atoms with Gasteiger partial charge in [-0.1, -0.05) is 6.92 Å². The van der Waals surface area contributed by atoms with Crippen LogP contribution in [0.2, 0.25) is 0 Å². The van der Waals surface area contributed by atoms with Crippen LogP contribution < -0.4 is 10.6 Å². The molecule has 108 valence electrons. The quantitative estimate of drug-likeness (QED) is 0.560. The first-order chi connectivity index (χ1) is 8.37. The molecule has 0 aliphatic rings. The number of ether oxygens (including phenoxy) is 1. The van der Waals surface area contributed by atoms with Crippen LogP contribution >= 0.6 is 0 Å². The van der Waals surface area contributed by atoms with Crippen LogP contribution in [0.1, 0.15) is 27.2 Å². The molecule has 0 aliphatic carbocycles. The van der Waals surface area contributed by atoms with Crippen LogP contribution in [0.5, 0.6) is 0 Å². The van der Waals surface area contributed by atoms with Crippen LogP contribution in [-0.4, -0.2) is 63.3 Å². The molecule has 5 heteroatoms. The Morgan fingerprint density at radius 1 is 1.28 bits per heavy atom. The van der Waals surface area contributed by atoms with Gasteiger partial charge in [0.15, 0.2) is 0 Å². The summed E-state index contributed by atoms with van der Waals surface area (Å²) in [5.74, 6) is 0.0372. The Labute approximate surface area is 111 Å². The zero-order valence-corrected chi connectivity index (χ0v) is 12.5. The number of hydrogen-bond acceptors (Lipinski definition) is 4. The summed E-state index contributed by atoms with van der Waals surface area (Å²) in [5, 5.41) is 6.04. The molecule has 1 amide bonds. The van der Waals surface area contributed by atoms with Crippen molar-refractivity contribution in [2.75, 3.05) is 46.9 Å². The molecule has 0 rings (SSSR count). The highest BCUT2D eigenvalue weighted by Gasteiger charge is 2.16. The number of hydrogen-bond donors (Lipinski definition) is 2. The van der Waals surface area contributed by atoms with Crippen molar-refractivity contribution >= 4 is 5.91 Å². The maximum absolute atomic E-state index is 11.6. The van der Waals surface area contributed by atoms with E-state index in [0.29, 0.717) is 19.7 Å². The van der Waals surface area contributed by atoms with E-state index in [1.54, 1.807) is 0 Å². The smallest absolute Gasteiger partial charge is 0.234 e. The Kier molecular flexibility index (Phi) is 8.97. The summed E-state index contributed by atoms with van der Waals surface area (Å²) >= 11 is 0. The van der Waals surface area contributed by atoms with E-state index in [1.807, 2.05) is 27.9 Å². The van der Waals surface area contributed by atoms with Crippen LogP contribution in [0.25, 0.3) is 0 Å². The van der Waals surface area contributed by atoms with Crippen molar-refractivity contribution < 1.29 is 9.53 Å². The fraction of sp³-hybridized carbons (Fsp3) is 0.923. The van der Waals surface area contributed by atoms with Gasteiger partial charge in [0.25, 0.3) is 0 Å². The molecule has 0 radical (unpaired) electrons. The van der Waals surface area contributed by atoms with E-state index < -0.39 is 0 Å². The summed E-state index contributed by atoms with van der Waals surface area (Å²) < 4.78 is 5.41. The first-order valence-electron chi connectivity index (χ1n) is 6.61. The predicted molar refractivity (Wildman–Crippen MR) is 74.8 cm³/mol. The fourth-order valence-corrected chi connectivity index (χ4v) is 1.21. The third-order valence-electron chi connectivity index (χ3n) is 2.75. The first-order valence-corrected chi connectivity index (χ1v) is 6.61. The Morgan fingerprint density at radius 2 is 1.94 bits per heavy atom. The van der Waals surface area contributed by atoms with E-state index in [2.05, 4.69) is 22.5 Å². The standard InChI is InChI=1S/C13H29N3O2/c1-6-13(2,3)15-12(17)11-14-7-9-18-10-8-16(4)5/h14H,6-11H2,1-5H3,(H,15,17). The molecule has 0 saturated carbocycles. The SMILES string of the molecule is CCC(C)(C)NC(=O)CNCCOCCN(C)C. The van der Waals surface area contributed by atoms with Crippen molar-refractivity contribution in [1.82, 2.24) is 15.5 Å². The number of carbonyl (C=O) groups is 1. The van der Waals surface area contributed by atoms with Crippen LogP contribution in [-0.2, 0) is 9.53 Å². The van der Waals surface area contributed by atoms with Crippen LogP contribution in [0.3, 0.4) is 0 Å². The van der Waals surface area contributed by atoms with Crippen molar-refractivity contribution in [3.8, 4) is 0 Å². The normalized spacial score (nSPS) is 11.9. The van der Waals surface area contributed by atoms with E-state index in [1.165, 1.54) is 0 Å². The van der Waals surface area contributed by atoms with Crippen LogP contribution in [0, 0.1) is 0 Å². The summed E-state index contributed by atoms with van der Waals surface area (Å²) in [6, 6.07) is 0. The summed E-state index contributed by atoms with van der Waals surface area (Å²) in [5.41, 5.74) is -0.124. The molecule has 0 aromatic rings. The second-order valence-corrected chi connectivity index (χ2v) is 5.38. The average molecular weight is 259 g/mol. The van der Waals surface area contributed by atoms with Gasteiger partial charge in [-0.25, -0.2) is 0 Å². The molecule has 0 bridgehead atoms. The number of carbonyl (C=O) groups excluding carboxylic acids is 1. The Morgan fingerprint density at radius 3 is 2.50 bits per heavy atom. The van der Waals surface area contributed by atoms with Gasteiger partial charge in [0.05, 0.1) is 19.8 Å². The van der Waals surface area contributed by atoms with Crippen molar-refractivity contribution in [1.29, 1.82) is 0 Å². The number of nitrogens with zero attached hydrogens (tertiary/aromatic N) is 1. The lowest BCUT2D eigenvalue weighted by Gasteiger charge is -2.24. The zero-order chi connectivity index (χ0) is 14.0. The van der Waals surface area contributed by atoms with Crippen LogP contribution in [0.15, 0.2) is 0 Å². The minimum atomic E-state index is -0.124. The number of rotatable bonds is 10. The summed E-state index contributed by atoms with van der Waals surface area (Å²) in [6.45, 7) is 9.44. The molecule has 0 saturated heterocycles. The van der Waals surface area contributed by atoms with Crippen LogP contribution in [0.4, 0.5) is 0 Å². The molecule has 5 nitrogen and oxygen atoms in total. The third kappa shape index (κ3) is 10.5. The molecule has 0 unspecified atom stereocenters. The summed E-state index contributed by atoms with van der Waals surface area (Å²) in [4.78, 5) is 13.7. The molecule has 0 aromatic carbocycles. The van der Waals surface area contributed by atoms with E-state index in [4.69, 9.17) is 4.74 Å². The molecule has 0 fully saturated rings. The molecule has 0 aliphatic heterocycles. The molecular formula is C13H29N3O2. The van der Waals surface area contributed by atoms with Gasteiger partial charge in [-0.2, -0.15) is 0 Å². The van der Waals surface area contributed by atoms with Gasteiger partial charge in [-0.3, -0.25) is 4.79 Å². The monoisotopic (exact) mass is 259 g/mol. The molecule has 0 atom stereocenters. The van der Waals surface area contributed by atoms with Gasteiger partial charge in [-0.05, 0) is 34.4 Å². The Hall–Kier alpha value is -0.650. The highest BCUT2D eigenvalue weighted by atomic mass is 16.5. The van der Waals surface area contributed by atoms with Crippen molar-refractivity contribution in [3.05, 3.63) is 0 Å². The average Bonchev–Trinajstić information content (AvgIpc) is 2.26. The summed E-state index contributed by atoms with van der Waals surface area (Å²) in [6.07, 6.45) is 0.923. The van der Waals surface area contributed by atoms with Gasteiger partial charge in [-0.15, -0.1) is 0 Å². The predicted octanol–water partition coefficient (Wildman–Crippen LogP) is 0.459. The largest absolute Gasteiger partial charge is 0.379 e. The molecule has 0 spiro atoms. The van der Waals surface area contributed by atoms with Gasteiger partial charge in [0.2, 0.25) is 5.91 Å². The zero-order valence-electron chi connectivity index (χ0n) is 12.5. The fourth-order valence-electron chi connectivity index (χ4n) is 1.21. The van der Waals surface area contributed by atoms with Crippen molar-refractivity contribution in [3.63, 3.8) is 0 Å². The molecule has 2 N–H and O–H groups in total. The third-order valence-corrected chi connectivity index (χ3v) is 2.75. The van der Waals surface area contributed by atoms with Crippen molar-refractivity contribution in [2.24, 2.45) is 0 Å². The molecular weight excluding hydrogens is 230 g/mol. The van der Waals surface area contributed by atoms with Gasteiger partial charge >= 0.3 is 0 Å². The lowest BCUT2D eigenvalue weighted by Crippen LogP contribution is -2.46. The minimum Gasteiger partial charge on any atom is -0.379 e. The maximum atomic E-state index is 11.6. The minimum absolute atomic E-state index is 0.0372. The summed E-state index contributed by atoms with van der Waals surface area (Å²) in [7, 11) is 4.03. The highest BCUT2D eigenvalue weighted by Crippen LogP contribution is 2.05. The Balaban J connectivity index is 3.41. The first kappa shape index (κ1) is 17.4. The highest BCUT2D eigenvalue weighted by molar-refractivity contribution is 5.78. The van der Waals surface area contributed by atoms with E-state index >= 15 is 0 Å². The second kappa shape index (κ2) is 9.30. The molecule has 0 aromatic heterocycles. The van der Waals surface area contributed by atoms with Gasteiger partial charge in [0, 0.05) is 18.6 Å². The van der Waals surface area contributed by atoms with Crippen molar-refractivity contribution in [2.45, 2.75) is 32.7 Å². The number of amides is 1. The van der Waals surface area contributed by atoms with E-state index in [0.717, 1.165) is 19.6 Å². The lowest BCUT2D eigenvalue weighted by molar-refractivity contribution is -0.121. The number of likely N-dealkylation sites (N-methyl/N-ethyl adjacent to an activating group) is 1.